The van der Waals surface area contributed by atoms with Crippen molar-refractivity contribution in [1.82, 2.24) is 0 Å². The van der Waals surface area contributed by atoms with Gasteiger partial charge in [0.05, 0.1) is 6.61 Å². The SMILES string of the molecule is N[C@H](CO)CCS. The molecule has 0 heterocycles. The van der Waals surface area contributed by atoms with E-state index in [4.69, 9.17) is 10.8 Å². The second-order valence-corrected chi connectivity index (χ2v) is 1.90. The fourth-order valence-electron chi connectivity index (χ4n) is 0.257. The van der Waals surface area contributed by atoms with Gasteiger partial charge in [0.1, 0.15) is 0 Å². The van der Waals surface area contributed by atoms with E-state index < -0.39 is 0 Å². The summed E-state index contributed by atoms with van der Waals surface area (Å²) in [4.78, 5) is 0. The Bertz CT molecular complexity index is 42.7. The van der Waals surface area contributed by atoms with E-state index in [1.807, 2.05) is 0 Å². The minimum absolute atomic E-state index is 0.0700. The monoisotopic (exact) mass is 121 g/mol. The highest BCUT2D eigenvalue weighted by Crippen LogP contribution is 1.87. The van der Waals surface area contributed by atoms with Gasteiger partial charge in [0, 0.05) is 6.04 Å². The average Bonchev–Trinajstić information content (AvgIpc) is 1.68. The average molecular weight is 121 g/mol. The van der Waals surface area contributed by atoms with E-state index in [0.717, 1.165) is 12.2 Å². The molecule has 0 rings (SSSR count). The molecule has 0 unspecified atom stereocenters. The zero-order valence-corrected chi connectivity index (χ0v) is 5.06. The molecule has 0 aliphatic carbocycles. The molecule has 0 radical (unpaired) electrons. The Morgan fingerprint density at radius 3 is 2.43 bits per heavy atom. The molecule has 1 atom stereocenters. The normalized spacial score (nSPS) is 14.1. The topological polar surface area (TPSA) is 46.2 Å². The number of aliphatic hydroxyl groups is 1. The van der Waals surface area contributed by atoms with Gasteiger partial charge in [0.15, 0.2) is 0 Å². The predicted molar refractivity (Wildman–Crippen MR) is 33.5 cm³/mol. The van der Waals surface area contributed by atoms with E-state index in [0.29, 0.717) is 0 Å². The first-order chi connectivity index (χ1) is 3.31. The van der Waals surface area contributed by atoms with Crippen molar-refractivity contribution in [2.75, 3.05) is 12.4 Å². The zero-order chi connectivity index (χ0) is 5.70. The fraction of sp³-hybridized carbons (Fsp3) is 1.00. The van der Waals surface area contributed by atoms with Gasteiger partial charge >= 0.3 is 0 Å². The summed E-state index contributed by atoms with van der Waals surface area (Å²) in [5.41, 5.74) is 5.28. The van der Waals surface area contributed by atoms with E-state index in [2.05, 4.69) is 12.6 Å². The van der Waals surface area contributed by atoms with Crippen LogP contribution in [0.1, 0.15) is 6.42 Å². The molecule has 0 fully saturated rings. The Labute approximate surface area is 49.1 Å². The second-order valence-electron chi connectivity index (χ2n) is 1.45. The molecule has 0 amide bonds. The second kappa shape index (κ2) is 4.43. The van der Waals surface area contributed by atoms with Crippen LogP contribution in [0.4, 0.5) is 0 Å². The fourth-order valence-corrected chi connectivity index (χ4v) is 0.589. The quantitative estimate of drug-likeness (QED) is 0.446. The third-order valence-electron chi connectivity index (χ3n) is 0.734. The van der Waals surface area contributed by atoms with E-state index in [-0.39, 0.29) is 12.6 Å². The van der Waals surface area contributed by atoms with Gasteiger partial charge in [-0.3, -0.25) is 0 Å². The van der Waals surface area contributed by atoms with Crippen LogP contribution in [0.5, 0.6) is 0 Å². The lowest BCUT2D eigenvalue weighted by atomic mass is 10.3. The van der Waals surface area contributed by atoms with Crippen molar-refractivity contribution in [3.8, 4) is 0 Å². The number of hydrogen-bond donors (Lipinski definition) is 3. The van der Waals surface area contributed by atoms with Crippen LogP contribution in [0.3, 0.4) is 0 Å². The van der Waals surface area contributed by atoms with Gasteiger partial charge in [0.2, 0.25) is 0 Å². The van der Waals surface area contributed by atoms with Crippen LogP contribution in [-0.2, 0) is 0 Å². The summed E-state index contributed by atoms with van der Waals surface area (Å²) in [5.74, 6) is 0.752. The van der Waals surface area contributed by atoms with Crippen molar-refractivity contribution in [3.05, 3.63) is 0 Å². The van der Waals surface area contributed by atoms with Gasteiger partial charge in [-0.1, -0.05) is 0 Å². The Morgan fingerprint density at radius 2 is 2.29 bits per heavy atom. The molecule has 3 N–H and O–H groups in total. The van der Waals surface area contributed by atoms with Crippen molar-refractivity contribution in [3.63, 3.8) is 0 Å². The van der Waals surface area contributed by atoms with Gasteiger partial charge in [-0.15, -0.1) is 0 Å². The number of nitrogens with two attached hydrogens (primary N) is 1. The number of thiol groups is 1. The van der Waals surface area contributed by atoms with Crippen LogP contribution >= 0.6 is 12.6 Å². The first-order valence-electron chi connectivity index (χ1n) is 2.28. The molecule has 0 saturated heterocycles. The molecule has 3 heteroatoms. The molecule has 0 saturated carbocycles. The smallest absolute Gasteiger partial charge is 0.0582 e. The summed E-state index contributed by atoms with van der Waals surface area (Å²) in [6, 6.07) is -0.0718. The van der Waals surface area contributed by atoms with Crippen LogP contribution < -0.4 is 5.73 Å². The van der Waals surface area contributed by atoms with Crippen LogP contribution in [0.2, 0.25) is 0 Å². The van der Waals surface area contributed by atoms with E-state index in [1.54, 1.807) is 0 Å². The van der Waals surface area contributed by atoms with Gasteiger partial charge in [-0.2, -0.15) is 12.6 Å². The van der Waals surface area contributed by atoms with E-state index in [9.17, 15) is 0 Å². The van der Waals surface area contributed by atoms with Crippen molar-refractivity contribution < 1.29 is 5.11 Å². The van der Waals surface area contributed by atoms with Crippen molar-refractivity contribution in [2.45, 2.75) is 12.5 Å². The number of hydrogen-bond acceptors (Lipinski definition) is 3. The van der Waals surface area contributed by atoms with E-state index >= 15 is 0 Å². The van der Waals surface area contributed by atoms with Crippen LogP contribution in [0.25, 0.3) is 0 Å². The first-order valence-corrected chi connectivity index (χ1v) is 2.91. The zero-order valence-electron chi connectivity index (χ0n) is 4.17. The minimum Gasteiger partial charge on any atom is -0.395 e. The molecule has 0 spiro atoms. The maximum Gasteiger partial charge on any atom is 0.0582 e. The molecule has 7 heavy (non-hydrogen) atoms. The highest BCUT2D eigenvalue weighted by atomic mass is 32.1. The maximum atomic E-state index is 8.31. The lowest BCUT2D eigenvalue weighted by molar-refractivity contribution is 0.264. The van der Waals surface area contributed by atoms with Gasteiger partial charge in [-0.05, 0) is 12.2 Å². The molecule has 0 bridgehead atoms. The standard InChI is InChI=1S/C4H11NOS/c5-4(3-6)1-2-7/h4,6-7H,1-3,5H2/t4-/m0/s1. The van der Waals surface area contributed by atoms with Gasteiger partial charge in [-0.25, -0.2) is 0 Å². The summed E-state index contributed by atoms with van der Waals surface area (Å²) in [7, 11) is 0. The van der Waals surface area contributed by atoms with Crippen LogP contribution in [0.15, 0.2) is 0 Å². The molecule has 2 nitrogen and oxygen atoms in total. The molecular weight excluding hydrogens is 110 g/mol. The van der Waals surface area contributed by atoms with Crippen molar-refractivity contribution in [2.24, 2.45) is 5.73 Å². The Hall–Kier alpha value is 0.270. The highest BCUT2D eigenvalue weighted by Gasteiger charge is 1.94. The molecule has 0 aromatic heterocycles. The molecule has 44 valence electrons. The summed E-state index contributed by atoms with van der Waals surface area (Å²) in [6.45, 7) is 0.0700. The minimum atomic E-state index is -0.0718. The summed E-state index contributed by atoms with van der Waals surface area (Å²) in [6.07, 6.45) is 0.791. The number of aliphatic hydroxyl groups excluding tert-OH is 1. The molecule has 0 aliphatic heterocycles. The summed E-state index contributed by atoms with van der Waals surface area (Å²) in [5, 5.41) is 8.31. The largest absolute Gasteiger partial charge is 0.395 e. The first kappa shape index (κ1) is 7.27. The molecule has 0 aromatic carbocycles. The molecular formula is C4H11NOS. The predicted octanol–water partition coefficient (Wildman–Crippen LogP) is -0.374. The number of rotatable bonds is 3. The van der Waals surface area contributed by atoms with E-state index in [1.165, 1.54) is 0 Å². The van der Waals surface area contributed by atoms with Crippen molar-refractivity contribution >= 4 is 12.6 Å². The lowest BCUT2D eigenvalue weighted by Crippen LogP contribution is -2.24. The van der Waals surface area contributed by atoms with Crippen LogP contribution in [-0.4, -0.2) is 23.5 Å². The lowest BCUT2D eigenvalue weighted by Gasteiger charge is -2.01. The van der Waals surface area contributed by atoms with Gasteiger partial charge < -0.3 is 10.8 Å². The summed E-state index contributed by atoms with van der Waals surface area (Å²) < 4.78 is 0. The molecule has 0 aliphatic rings. The maximum absolute atomic E-state index is 8.31. The van der Waals surface area contributed by atoms with Crippen LogP contribution in [0, 0.1) is 0 Å². The van der Waals surface area contributed by atoms with Gasteiger partial charge in [0.25, 0.3) is 0 Å². The molecule has 0 aromatic rings. The Kier molecular flexibility index (Phi) is 4.60. The third-order valence-corrected chi connectivity index (χ3v) is 0.993. The summed E-state index contributed by atoms with van der Waals surface area (Å²) >= 11 is 3.92. The third kappa shape index (κ3) is 4.12. The Balaban J connectivity index is 2.83. The van der Waals surface area contributed by atoms with Crippen molar-refractivity contribution in [1.29, 1.82) is 0 Å². The Morgan fingerprint density at radius 1 is 1.71 bits per heavy atom. The highest BCUT2D eigenvalue weighted by molar-refractivity contribution is 7.80.